The molecule has 1 aliphatic rings. The SMILES string of the molecule is O=C1CC(S(=O)(=O)F)CN1c1cccc(Br)n1. The van der Waals surface area contributed by atoms with Gasteiger partial charge in [-0.15, -0.1) is 3.89 Å². The first kappa shape index (κ1) is 12.4. The lowest BCUT2D eigenvalue weighted by Gasteiger charge is -2.14. The van der Waals surface area contributed by atoms with Gasteiger partial charge in [-0.25, -0.2) is 4.98 Å². The summed E-state index contributed by atoms with van der Waals surface area (Å²) >= 11 is 3.14. The number of nitrogens with zero attached hydrogens (tertiary/aromatic N) is 2. The Morgan fingerprint density at radius 1 is 1.47 bits per heavy atom. The monoisotopic (exact) mass is 322 g/mol. The van der Waals surface area contributed by atoms with Gasteiger partial charge in [0, 0.05) is 13.0 Å². The molecule has 0 saturated carbocycles. The van der Waals surface area contributed by atoms with Crippen LogP contribution in [0.3, 0.4) is 0 Å². The Kier molecular flexibility index (Phi) is 3.17. The Morgan fingerprint density at radius 2 is 2.18 bits per heavy atom. The van der Waals surface area contributed by atoms with Gasteiger partial charge in [-0.2, -0.15) is 8.42 Å². The van der Waals surface area contributed by atoms with Crippen molar-refractivity contribution in [2.24, 2.45) is 0 Å². The molecular formula is C9H8BrFN2O3S. The average molecular weight is 323 g/mol. The van der Waals surface area contributed by atoms with Crippen LogP contribution in [0.5, 0.6) is 0 Å². The molecule has 0 aromatic carbocycles. The van der Waals surface area contributed by atoms with Crippen LogP contribution in [-0.2, 0) is 15.0 Å². The van der Waals surface area contributed by atoms with Gasteiger partial charge in [0.15, 0.2) is 0 Å². The summed E-state index contributed by atoms with van der Waals surface area (Å²) in [6, 6.07) is 4.90. The zero-order valence-corrected chi connectivity index (χ0v) is 10.9. The van der Waals surface area contributed by atoms with Gasteiger partial charge in [0.05, 0.1) is 0 Å². The quantitative estimate of drug-likeness (QED) is 0.607. The number of carbonyl (C=O) groups excluding carboxylic acids is 1. The first-order valence-corrected chi connectivity index (χ1v) is 6.98. The molecule has 1 amide bonds. The Labute approximate surface area is 106 Å². The molecule has 5 nitrogen and oxygen atoms in total. The molecule has 1 aliphatic heterocycles. The van der Waals surface area contributed by atoms with Crippen molar-refractivity contribution in [2.75, 3.05) is 11.4 Å². The molecule has 0 spiro atoms. The van der Waals surface area contributed by atoms with E-state index in [1.807, 2.05) is 0 Å². The summed E-state index contributed by atoms with van der Waals surface area (Å²) in [7, 11) is -4.69. The predicted molar refractivity (Wildman–Crippen MR) is 62.7 cm³/mol. The fraction of sp³-hybridized carbons (Fsp3) is 0.333. The lowest BCUT2D eigenvalue weighted by molar-refractivity contribution is -0.117. The predicted octanol–water partition coefficient (Wildman–Crippen LogP) is 1.25. The van der Waals surface area contributed by atoms with Crippen LogP contribution >= 0.6 is 15.9 Å². The Morgan fingerprint density at radius 3 is 2.71 bits per heavy atom. The van der Waals surface area contributed by atoms with Gasteiger partial charge in [0.1, 0.15) is 15.7 Å². The number of rotatable bonds is 2. The highest BCUT2D eigenvalue weighted by atomic mass is 79.9. The van der Waals surface area contributed by atoms with Gasteiger partial charge >= 0.3 is 10.2 Å². The summed E-state index contributed by atoms with van der Waals surface area (Å²) in [6.07, 6.45) is -0.340. The molecule has 1 aromatic heterocycles. The number of carbonyl (C=O) groups is 1. The minimum Gasteiger partial charge on any atom is -0.295 e. The topological polar surface area (TPSA) is 67.3 Å². The van der Waals surface area contributed by atoms with Crippen molar-refractivity contribution >= 4 is 37.9 Å². The van der Waals surface area contributed by atoms with E-state index in [1.54, 1.807) is 18.2 Å². The highest BCUT2D eigenvalue weighted by molar-refractivity contribution is 9.10. The lowest BCUT2D eigenvalue weighted by Crippen LogP contribution is -2.27. The fourth-order valence-corrected chi connectivity index (χ4v) is 2.64. The largest absolute Gasteiger partial charge is 0.307 e. The number of hydrogen-bond acceptors (Lipinski definition) is 4. The Balaban J connectivity index is 2.28. The lowest BCUT2D eigenvalue weighted by atomic mass is 10.4. The summed E-state index contributed by atoms with van der Waals surface area (Å²) in [5, 5.41) is -1.30. The van der Waals surface area contributed by atoms with Crippen molar-refractivity contribution in [3.05, 3.63) is 22.8 Å². The van der Waals surface area contributed by atoms with E-state index in [4.69, 9.17) is 0 Å². The molecule has 2 heterocycles. The van der Waals surface area contributed by atoms with E-state index in [-0.39, 0.29) is 13.0 Å². The summed E-state index contributed by atoms with van der Waals surface area (Å²) < 4.78 is 34.8. The second kappa shape index (κ2) is 4.34. The highest BCUT2D eigenvalue weighted by Crippen LogP contribution is 2.25. The van der Waals surface area contributed by atoms with Gasteiger partial charge < -0.3 is 0 Å². The number of hydrogen-bond donors (Lipinski definition) is 0. The van der Waals surface area contributed by atoms with Crippen molar-refractivity contribution in [3.63, 3.8) is 0 Å². The highest BCUT2D eigenvalue weighted by Gasteiger charge is 2.39. The standard InChI is InChI=1S/C9H8BrFN2O3S/c10-7-2-1-3-8(12-7)13-5-6(4-9(13)14)17(11,15)16/h1-3,6H,4-5H2. The molecule has 0 bridgehead atoms. The molecule has 8 heteroatoms. The second-order valence-electron chi connectivity index (χ2n) is 3.62. The maximum Gasteiger partial charge on any atom is 0.307 e. The molecule has 17 heavy (non-hydrogen) atoms. The van der Waals surface area contributed by atoms with Crippen LogP contribution in [0.2, 0.25) is 0 Å². The van der Waals surface area contributed by atoms with Gasteiger partial charge in [-0.3, -0.25) is 9.69 Å². The van der Waals surface area contributed by atoms with E-state index >= 15 is 0 Å². The van der Waals surface area contributed by atoms with Crippen LogP contribution in [0.1, 0.15) is 6.42 Å². The molecule has 2 rings (SSSR count). The molecule has 0 aliphatic carbocycles. The van der Waals surface area contributed by atoms with E-state index in [0.29, 0.717) is 10.4 Å². The number of pyridine rings is 1. The van der Waals surface area contributed by atoms with Crippen molar-refractivity contribution in [2.45, 2.75) is 11.7 Å². The zero-order chi connectivity index (χ0) is 12.6. The molecule has 0 radical (unpaired) electrons. The second-order valence-corrected chi connectivity index (χ2v) is 6.05. The fourth-order valence-electron chi connectivity index (χ4n) is 1.63. The average Bonchev–Trinajstić information content (AvgIpc) is 2.60. The molecule has 1 saturated heterocycles. The molecule has 1 unspecified atom stereocenters. The van der Waals surface area contributed by atoms with E-state index in [2.05, 4.69) is 20.9 Å². The van der Waals surface area contributed by atoms with Crippen LogP contribution in [-0.4, -0.2) is 31.1 Å². The third kappa shape index (κ3) is 2.63. The Bertz CT molecular complexity index is 563. The smallest absolute Gasteiger partial charge is 0.295 e. The van der Waals surface area contributed by atoms with Crippen LogP contribution in [0.15, 0.2) is 22.8 Å². The van der Waals surface area contributed by atoms with E-state index in [9.17, 15) is 17.1 Å². The summed E-state index contributed by atoms with van der Waals surface area (Å²) in [5.41, 5.74) is 0. The minimum atomic E-state index is -4.69. The van der Waals surface area contributed by atoms with E-state index in [1.165, 1.54) is 4.90 Å². The number of anilines is 1. The number of amides is 1. The summed E-state index contributed by atoms with van der Waals surface area (Å²) in [4.78, 5) is 16.8. The van der Waals surface area contributed by atoms with Crippen molar-refractivity contribution in [1.82, 2.24) is 4.98 Å². The van der Waals surface area contributed by atoms with E-state index in [0.717, 1.165) is 0 Å². The molecule has 0 N–H and O–H groups in total. The first-order chi connectivity index (χ1) is 7.88. The van der Waals surface area contributed by atoms with Crippen molar-refractivity contribution in [3.8, 4) is 0 Å². The van der Waals surface area contributed by atoms with Gasteiger partial charge in [-0.05, 0) is 28.1 Å². The van der Waals surface area contributed by atoms with E-state index < -0.39 is 21.4 Å². The third-order valence-corrected chi connectivity index (χ3v) is 4.02. The minimum absolute atomic E-state index is 0.193. The molecule has 1 aromatic rings. The molecule has 92 valence electrons. The maximum absolute atomic E-state index is 12.8. The van der Waals surface area contributed by atoms with Gasteiger partial charge in [0.2, 0.25) is 5.91 Å². The molecule has 1 fully saturated rings. The van der Waals surface area contributed by atoms with Crippen LogP contribution in [0.25, 0.3) is 0 Å². The number of aromatic nitrogens is 1. The first-order valence-electron chi connectivity index (χ1n) is 4.74. The summed E-state index contributed by atoms with van der Waals surface area (Å²) in [5.74, 6) is -0.127. The number of halogens is 2. The van der Waals surface area contributed by atoms with Crippen LogP contribution in [0, 0.1) is 0 Å². The maximum atomic E-state index is 12.8. The Hall–Kier alpha value is -1.02. The van der Waals surface area contributed by atoms with Crippen molar-refractivity contribution < 1.29 is 17.1 Å². The molecule has 1 atom stereocenters. The third-order valence-electron chi connectivity index (χ3n) is 2.46. The van der Waals surface area contributed by atoms with Gasteiger partial charge in [0.25, 0.3) is 0 Å². The van der Waals surface area contributed by atoms with Crippen molar-refractivity contribution in [1.29, 1.82) is 0 Å². The molecular weight excluding hydrogens is 315 g/mol. The van der Waals surface area contributed by atoms with Gasteiger partial charge in [-0.1, -0.05) is 6.07 Å². The van der Waals surface area contributed by atoms with Crippen LogP contribution < -0.4 is 4.90 Å². The zero-order valence-electron chi connectivity index (χ0n) is 8.51. The normalized spacial score (nSPS) is 20.9. The summed E-state index contributed by atoms with van der Waals surface area (Å²) in [6.45, 7) is -0.193. The van der Waals surface area contributed by atoms with Crippen LogP contribution in [0.4, 0.5) is 9.70 Å².